The van der Waals surface area contributed by atoms with E-state index in [9.17, 15) is 5.11 Å². The lowest BCUT2D eigenvalue weighted by Gasteiger charge is -2.23. The van der Waals surface area contributed by atoms with E-state index in [4.69, 9.17) is 0 Å². The summed E-state index contributed by atoms with van der Waals surface area (Å²) < 4.78 is 3.32. The van der Waals surface area contributed by atoms with Crippen LogP contribution in [0, 0.1) is 0 Å². The highest BCUT2D eigenvalue weighted by Gasteiger charge is 2.23. The van der Waals surface area contributed by atoms with Crippen LogP contribution in [0.3, 0.4) is 0 Å². The lowest BCUT2D eigenvalue weighted by molar-refractivity contribution is 0.241. The third-order valence-electron chi connectivity index (χ3n) is 3.56. The Kier molecular flexibility index (Phi) is 3.22. The maximum Gasteiger partial charge on any atom is 0.140 e. The first kappa shape index (κ1) is 11.9. The Bertz CT molecular complexity index is 547. The van der Waals surface area contributed by atoms with Gasteiger partial charge in [-0.15, -0.1) is 0 Å². The summed E-state index contributed by atoms with van der Waals surface area (Å²) in [7, 11) is 0. The van der Waals surface area contributed by atoms with Crippen molar-refractivity contribution in [3.8, 4) is 11.4 Å². The first-order valence-corrected chi connectivity index (χ1v) is 7.01. The number of halogens is 1. The van der Waals surface area contributed by atoms with E-state index >= 15 is 0 Å². The first-order chi connectivity index (χ1) is 8.79. The molecule has 0 saturated carbocycles. The van der Waals surface area contributed by atoms with Crippen LogP contribution >= 0.6 is 15.9 Å². The Morgan fingerprint density at radius 2 is 2.11 bits per heavy atom. The zero-order valence-corrected chi connectivity index (χ0v) is 11.6. The normalized spacial score (nSPS) is 18.7. The topological polar surface area (TPSA) is 38.0 Å². The molecule has 1 aliphatic heterocycles. The van der Waals surface area contributed by atoms with Crippen molar-refractivity contribution in [2.45, 2.75) is 25.3 Å². The fraction of sp³-hybridized carbons (Fsp3) is 0.357. The number of imidazole rings is 1. The average molecular weight is 307 g/mol. The van der Waals surface area contributed by atoms with Crippen molar-refractivity contribution < 1.29 is 5.11 Å². The van der Waals surface area contributed by atoms with Gasteiger partial charge in [0.15, 0.2) is 0 Å². The molecule has 0 fully saturated rings. The summed E-state index contributed by atoms with van der Waals surface area (Å²) in [6.07, 6.45) is 4.08. The number of nitrogens with zero attached hydrogens (tertiary/aromatic N) is 2. The van der Waals surface area contributed by atoms with Crippen molar-refractivity contribution in [3.63, 3.8) is 0 Å². The van der Waals surface area contributed by atoms with Gasteiger partial charge in [0.05, 0.1) is 6.61 Å². The minimum absolute atomic E-state index is 0.214. The molecule has 0 radical (unpaired) electrons. The molecule has 1 unspecified atom stereocenters. The van der Waals surface area contributed by atoms with Gasteiger partial charge in [-0.3, -0.25) is 0 Å². The summed E-state index contributed by atoms with van der Waals surface area (Å²) in [5, 5.41) is 9.41. The van der Waals surface area contributed by atoms with E-state index in [1.807, 2.05) is 18.3 Å². The van der Waals surface area contributed by atoms with E-state index in [1.165, 1.54) is 5.69 Å². The average Bonchev–Trinajstić information content (AvgIpc) is 2.83. The number of hydrogen-bond acceptors (Lipinski definition) is 2. The summed E-state index contributed by atoms with van der Waals surface area (Å²) in [6.45, 7) is 1.21. The number of rotatable bonds is 2. The van der Waals surface area contributed by atoms with E-state index in [0.717, 1.165) is 35.2 Å². The summed E-state index contributed by atoms with van der Waals surface area (Å²) in [4.78, 5) is 4.53. The summed E-state index contributed by atoms with van der Waals surface area (Å²) in [5.74, 6) is 1.26. The van der Waals surface area contributed by atoms with Crippen LogP contribution in [0.2, 0.25) is 0 Å². The summed E-state index contributed by atoms with van der Waals surface area (Å²) in [5.41, 5.74) is 2.30. The van der Waals surface area contributed by atoms with Crippen LogP contribution in [0.15, 0.2) is 34.9 Å². The largest absolute Gasteiger partial charge is 0.396 e. The van der Waals surface area contributed by atoms with Gasteiger partial charge in [-0.25, -0.2) is 4.98 Å². The second kappa shape index (κ2) is 4.86. The molecule has 3 rings (SSSR count). The molecule has 1 aromatic heterocycles. The molecule has 1 aromatic carbocycles. The number of fused-ring (bicyclic) bond motifs is 1. The molecular weight excluding hydrogens is 292 g/mol. The Morgan fingerprint density at radius 3 is 2.83 bits per heavy atom. The number of hydrogen-bond donors (Lipinski definition) is 1. The maximum absolute atomic E-state index is 9.41. The number of benzene rings is 1. The van der Waals surface area contributed by atoms with Crippen molar-refractivity contribution in [1.29, 1.82) is 0 Å². The van der Waals surface area contributed by atoms with Gasteiger partial charge in [0.25, 0.3) is 0 Å². The maximum atomic E-state index is 9.41. The van der Waals surface area contributed by atoms with Crippen LogP contribution in [0.25, 0.3) is 11.4 Å². The van der Waals surface area contributed by atoms with Gasteiger partial charge >= 0.3 is 0 Å². The van der Waals surface area contributed by atoms with Gasteiger partial charge in [-0.2, -0.15) is 0 Å². The lowest BCUT2D eigenvalue weighted by atomic mass is 9.97. The Hall–Kier alpha value is -1.13. The third-order valence-corrected chi connectivity index (χ3v) is 4.09. The second-order valence-corrected chi connectivity index (χ2v) is 5.60. The molecule has 0 spiro atoms. The van der Waals surface area contributed by atoms with Crippen LogP contribution in [0.4, 0.5) is 0 Å². The molecule has 1 aliphatic rings. The SMILES string of the molecule is OCC1CCCn2c1cnc2-c1ccc(Br)cc1. The van der Waals surface area contributed by atoms with E-state index in [2.05, 4.69) is 37.6 Å². The highest BCUT2D eigenvalue weighted by Crippen LogP contribution is 2.31. The molecule has 1 atom stereocenters. The quantitative estimate of drug-likeness (QED) is 0.925. The van der Waals surface area contributed by atoms with E-state index in [-0.39, 0.29) is 12.5 Å². The molecular formula is C14H15BrN2O. The van der Waals surface area contributed by atoms with Crippen LogP contribution in [-0.2, 0) is 6.54 Å². The van der Waals surface area contributed by atoms with E-state index in [1.54, 1.807) is 0 Å². The minimum atomic E-state index is 0.214. The Labute approximate surface area is 115 Å². The van der Waals surface area contributed by atoms with Crippen LogP contribution in [0.1, 0.15) is 24.5 Å². The first-order valence-electron chi connectivity index (χ1n) is 6.22. The van der Waals surface area contributed by atoms with Gasteiger partial charge in [-0.1, -0.05) is 28.1 Å². The molecule has 2 heterocycles. The molecule has 2 aromatic rings. The second-order valence-electron chi connectivity index (χ2n) is 4.69. The zero-order valence-electron chi connectivity index (χ0n) is 10.0. The molecule has 3 nitrogen and oxygen atoms in total. The monoisotopic (exact) mass is 306 g/mol. The molecule has 1 N–H and O–H groups in total. The fourth-order valence-corrected chi connectivity index (χ4v) is 2.87. The predicted octanol–water partition coefficient (Wildman–Crippen LogP) is 3.18. The van der Waals surface area contributed by atoms with Gasteiger partial charge < -0.3 is 9.67 Å². The molecule has 0 amide bonds. The molecule has 0 bridgehead atoms. The Balaban J connectivity index is 2.04. The van der Waals surface area contributed by atoms with Crippen LogP contribution in [0.5, 0.6) is 0 Å². The van der Waals surface area contributed by atoms with Crippen molar-refractivity contribution in [3.05, 3.63) is 40.6 Å². The predicted molar refractivity (Wildman–Crippen MR) is 74.4 cm³/mol. The molecule has 18 heavy (non-hydrogen) atoms. The number of aliphatic hydroxyl groups is 1. The van der Waals surface area contributed by atoms with Crippen LogP contribution < -0.4 is 0 Å². The van der Waals surface area contributed by atoms with Crippen LogP contribution in [-0.4, -0.2) is 21.3 Å². The highest BCUT2D eigenvalue weighted by molar-refractivity contribution is 9.10. The zero-order chi connectivity index (χ0) is 12.5. The van der Waals surface area contributed by atoms with Crippen molar-refractivity contribution >= 4 is 15.9 Å². The third kappa shape index (κ3) is 1.99. The van der Waals surface area contributed by atoms with Crippen molar-refractivity contribution in [2.75, 3.05) is 6.61 Å². The lowest BCUT2D eigenvalue weighted by Crippen LogP contribution is -2.18. The van der Waals surface area contributed by atoms with Crippen molar-refractivity contribution in [2.24, 2.45) is 0 Å². The van der Waals surface area contributed by atoms with Gasteiger partial charge in [0, 0.05) is 34.4 Å². The number of aromatic nitrogens is 2. The van der Waals surface area contributed by atoms with Crippen molar-refractivity contribution in [1.82, 2.24) is 9.55 Å². The summed E-state index contributed by atoms with van der Waals surface area (Å²) in [6, 6.07) is 8.21. The van der Waals surface area contributed by atoms with Gasteiger partial charge in [0.1, 0.15) is 5.82 Å². The smallest absolute Gasteiger partial charge is 0.140 e. The minimum Gasteiger partial charge on any atom is -0.396 e. The van der Waals surface area contributed by atoms with E-state index in [0.29, 0.717) is 0 Å². The molecule has 4 heteroatoms. The highest BCUT2D eigenvalue weighted by atomic mass is 79.9. The molecule has 94 valence electrons. The van der Waals surface area contributed by atoms with Gasteiger partial charge in [0.2, 0.25) is 0 Å². The molecule has 0 saturated heterocycles. The Morgan fingerprint density at radius 1 is 1.33 bits per heavy atom. The standard InChI is InChI=1S/C14H15BrN2O/c15-12-5-3-10(4-6-12)14-16-8-13-11(9-18)2-1-7-17(13)14/h3-6,8,11,18H,1-2,7,9H2. The molecule has 0 aliphatic carbocycles. The van der Waals surface area contributed by atoms with Gasteiger partial charge in [-0.05, 0) is 25.0 Å². The van der Waals surface area contributed by atoms with E-state index < -0.39 is 0 Å². The fourth-order valence-electron chi connectivity index (χ4n) is 2.61. The number of aliphatic hydroxyl groups excluding tert-OH is 1. The summed E-state index contributed by atoms with van der Waals surface area (Å²) >= 11 is 3.44.